The Kier molecular flexibility index (Phi) is 7.06. The number of carbonyl (C=O) groups excluding carboxylic acids is 2. The molecule has 6 nitrogen and oxygen atoms in total. The summed E-state index contributed by atoms with van der Waals surface area (Å²) in [5, 5.41) is 2.97. The highest BCUT2D eigenvalue weighted by atomic mass is 32.2. The van der Waals surface area contributed by atoms with E-state index in [4.69, 9.17) is 9.73 Å². The maximum atomic E-state index is 12.9. The number of rotatable bonds is 7. The molecule has 0 aliphatic carbocycles. The lowest BCUT2D eigenvalue weighted by Crippen LogP contribution is -2.35. The third-order valence-corrected chi connectivity index (χ3v) is 5.75. The Labute approximate surface area is 175 Å². The number of hydrogen-bond acceptors (Lipinski definition) is 5. The van der Waals surface area contributed by atoms with Crippen LogP contribution in [0.25, 0.3) is 0 Å². The maximum absolute atomic E-state index is 12.9. The summed E-state index contributed by atoms with van der Waals surface area (Å²) in [6.07, 6.45) is 0.0909. The lowest BCUT2D eigenvalue weighted by molar-refractivity contribution is -0.128. The van der Waals surface area contributed by atoms with E-state index in [0.717, 1.165) is 22.5 Å². The zero-order valence-electron chi connectivity index (χ0n) is 16.8. The van der Waals surface area contributed by atoms with Gasteiger partial charge in [0.2, 0.25) is 11.8 Å². The lowest BCUT2D eigenvalue weighted by Gasteiger charge is -2.16. The van der Waals surface area contributed by atoms with E-state index in [9.17, 15) is 9.59 Å². The van der Waals surface area contributed by atoms with Gasteiger partial charge in [0, 0.05) is 19.2 Å². The van der Waals surface area contributed by atoms with Crippen molar-refractivity contribution in [1.82, 2.24) is 4.90 Å². The number of hydrogen-bond donors (Lipinski definition) is 1. The molecule has 1 atom stereocenters. The number of para-hydroxylation sites is 1. The molecule has 2 aromatic rings. The fraction of sp³-hybridized carbons (Fsp3) is 0.318. The van der Waals surface area contributed by atoms with E-state index < -0.39 is 5.25 Å². The standard InChI is InChI=1S/C22H25N3O3S/c1-15-8-10-17(11-9-15)23-20(26)14-19-21(27)25(12-13-28-3)22(29-19)24-18-7-5-4-6-16(18)2/h4-11,19H,12-14H2,1-3H3,(H,23,26)/t19-/m1/s1. The molecule has 7 heteroatoms. The number of amidine groups is 1. The largest absolute Gasteiger partial charge is 0.383 e. The van der Waals surface area contributed by atoms with Crippen molar-refractivity contribution in [2.75, 3.05) is 25.6 Å². The van der Waals surface area contributed by atoms with Crippen LogP contribution in [0.3, 0.4) is 0 Å². The van der Waals surface area contributed by atoms with Crippen molar-refractivity contribution in [3.63, 3.8) is 0 Å². The monoisotopic (exact) mass is 411 g/mol. The van der Waals surface area contributed by atoms with Crippen LogP contribution in [0.2, 0.25) is 0 Å². The number of aliphatic imine (C=N–C) groups is 1. The summed E-state index contributed by atoms with van der Waals surface area (Å²) in [6, 6.07) is 15.3. The van der Waals surface area contributed by atoms with Crippen LogP contribution >= 0.6 is 11.8 Å². The second-order valence-electron chi connectivity index (χ2n) is 6.89. The number of benzene rings is 2. The Hall–Kier alpha value is -2.64. The third kappa shape index (κ3) is 5.46. The zero-order valence-corrected chi connectivity index (χ0v) is 17.7. The van der Waals surface area contributed by atoms with Gasteiger partial charge in [-0.3, -0.25) is 14.5 Å². The molecule has 1 fully saturated rings. The number of aryl methyl sites for hydroxylation is 2. The number of anilines is 1. The Morgan fingerprint density at radius 2 is 1.90 bits per heavy atom. The van der Waals surface area contributed by atoms with Crippen molar-refractivity contribution < 1.29 is 14.3 Å². The van der Waals surface area contributed by atoms with E-state index in [-0.39, 0.29) is 18.2 Å². The Balaban J connectivity index is 1.74. The van der Waals surface area contributed by atoms with E-state index in [0.29, 0.717) is 18.3 Å². The molecule has 2 amide bonds. The molecule has 29 heavy (non-hydrogen) atoms. The fourth-order valence-electron chi connectivity index (χ4n) is 2.92. The molecule has 0 unspecified atom stereocenters. The van der Waals surface area contributed by atoms with Gasteiger partial charge >= 0.3 is 0 Å². The molecule has 1 heterocycles. The summed E-state index contributed by atoms with van der Waals surface area (Å²) < 4.78 is 5.14. The van der Waals surface area contributed by atoms with Gasteiger partial charge in [-0.15, -0.1) is 0 Å². The molecule has 0 bridgehead atoms. The van der Waals surface area contributed by atoms with Crippen molar-refractivity contribution in [3.8, 4) is 0 Å². The first-order chi connectivity index (χ1) is 14.0. The van der Waals surface area contributed by atoms with Crippen LogP contribution < -0.4 is 5.32 Å². The normalized spacial score (nSPS) is 17.8. The van der Waals surface area contributed by atoms with Gasteiger partial charge in [-0.2, -0.15) is 0 Å². The van der Waals surface area contributed by atoms with Crippen molar-refractivity contribution >= 4 is 40.1 Å². The van der Waals surface area contributed by atoms with Gasteiger partial charge < -0.3 is 10.1 Å². The molecule has 1 N–H and O–H groups in total. The molecule has 3 rings (SSSR count). The molecular weight excluding hydrogens is 386 g/mol. The van der Waals surface area contributed by atoms with Gasteiger partial charge in [-0.05, 0) is 37.6 Å². The fourth-order valence-corrected chi connectivity index (χ4v) is 4.10. The number of carbonyl (C=O) groups is 2. The summed E-state index contributed by atoms with van der Waals surface area (Å²) in [4.78, 5) is 31.7. The summed E-state index contributed by atoms with van der Waals surface area (Å²) in [6.45, 7) is 4.78. The van der Waals surface area contributed by atoms with Gasteiger partial charge in [0.25, 0.3) is 0 Å². The molecular formula is C22H25N3O3S. The molecule has 1 saturated heterocycles. The van der Waals surface area contributed by atoms with E-state index in [2.05, 4.69) is 5.32 Å². The highest BCUT2D eigenvalue weighted by molar-refractivity contribution is 8.15. The molecule has 1 aliphatic heterocycles. The highest BCUT2D eigenvalue weighted by Gasteiger charge is 2.39. The van der Waals surface area contributed by atoms with Crippen LogP contribution in [0.15, 0.2) is 53.5 Å². The molecule has 0 aromatic heterocycles. The molecule has 0 spiro atoms. The van der Waals surface area contributed by atoms with Crippen molar-refractivity contribution in [2.24, 2.45) is 4.99 Å². The SMILES string of the molecule is COCCN1C(=O)[C@@H](CC(=O)Nc2ccc(C)cc2)SC1=Nc1ccccc1C. The van der Waals surface area contributed by atoms with Crippen molar-refractivity contribution in [1.29, 1.82) is 0 Å². The minimum Gasteiger partial charge on any atom is -0.383 e. The predicted octanol–water partition coefficient (Wildman–Crippen LogP) is 3.91. The van der Waals surface area contributed by atoms with Crippen molar-refractivity contribution in [2.45, 2.75) is 25.5 Å². The van der Waals surface area contributed by atoms with Crippen LogP contribution in [-0.4, -0.2) is 47.4 Å². The first-order valence-electron chi connectivity index (χ1n) is 9.45. The minimum atomic E-state index is -0.500. The van der Waals surface area contributed by atoms with Crippen LogP contribution in [0, 0.1) is 13.8 Å². The summed E-state index contributed by atoms with van der Waals surface area (Å²) in [5.74, 6) is -0.304. The number of amides is 2. The van der Waals surface area contributed by atoms with Crippen molar-refractivity contribution in [3.05, 3.63) is 59.7 Å². The Morgan fingerprint density at radius 3 is 2.59 bits per heavy atom. The number of methoxy groups -OCH3 is 1. The topological polar surface area (TPSA) is 71.0 Å². The van der Waals surface area contributed by atoms with Crippen LogP contribution in [0.5, 0.6) is 0 Å². The molecule has 0 saturated carbocycles. The van der Waals surface area contributed by atoms with Gasteiger partial charge in [-0.25, -0.2) is 4.99 Å². The van der Waals surface area contributed by atoms with E-state index >= 15 is 0 Å². The quantitative estimate of drug-likeness (QED) is 0.750. The van der Waals surface area contributed by atoms with Crippen LogP contribution in [-0.2, 0) is 14.3 Å². The average molecular weight is 412 g/mol. The lowest BCUT2D eigenvalue weighted by atomic mass is 10.2. The predicted molar refractivity (Wildman–Crippen MR) is 118 cm³/mol. The molecule has 2 aromatic carbocycles. The second-order valence-corrected chi connectivity index (χ2v) is 8.06. The van der Waals surface area contributed by atoms with E-state index in [1.807, 2.05) is 62.4 Å². The number of nitrogens with one attached hydrogen (secondary N) is 1. The first-order valence-corrected chi connectivity index (χ1v) is 10.3. The third-order valence-electron chi connectivity index (χ3n) is 4.58. The van der Waals surface area contributed by atoms with Crippen LogP contribution in [0.1, 0.15) is 17.5 Å². The van der Waals surface area contributed by atoms with Gasteiger partial charge in [0.15, 0.2) is 5.17 Å². The average Bonchev–Trinajstić information content (AvgIpc) is 2.98. The van der Waals surface area contributed by atoms with Gasteiger partial charge in [0.1, 0.15) is 5.25 Å². The molecule has 152 valence electrons. The molecule has 0 radical (unpaired) electrons. The summed E-state index contributed by atoms with van der Waals surface area (Å²) >= 11 is 1.33. The number of thioether (sulfide) groups is 1. The first kappa shape index (κ1) is 21.1. The minimum absolute atomic E-state index is 0.0909. The smallest absolute Gasteiger partial charge is 0.242 e. The zero-order chi connectivity index (χ0) is 20.8. The maximum Gasteiger partial charge on any atom is 0.242 e. The summed E-state index contributed by atoms with van der Waals surface area (Å²) in [5.41, 5.74) is 3.69. The van der Waals surface area contributed by atoms with E-state index in [1.54, 1.807) is 12.0 Å². The number of ether oxygens (including phenoxy) is 1. The van der Waals surface area contributed by atoms with Gasteiger partial charge in [-0.1, -0.05) is 47.7 Å². The van der Waals surface area contributed by atoms with Crippen LogP contribution in [0.4, 0.5) is 11.4 Å². The van der Waals surface area contributed by atoms with E-state index in [1.165, 1.54) is 11.8 Å². The molecule has 1 aliphatic rings. The Morgan fingerprint density at radius 1 is 1.17 bits per heavy atom. The Bertz CT molecular complexity index is 912. The highest BCUT2D eigenvalue weighted by Crippen LogP contribution is 2.32. The number of nitrogens with zero attached hydrogens (tertiary/aromatic N) is 2. The van der Waals surface area contributed by atoms with Gasteiger partial charge in [0.05, 0.1) is 18.8 Å². The second kappa shape index (κ2) is 9.71. The summed E-state index contributed by atoms with van der Waals surface area (Å²) in [7, 11) is 1.60.